The first-order valence-electron chi connectivity index (χ1n) is 12.5. The first-order valence-corrected chi connectivity index (χ1v) is 14.0. The van der Waals surface area contributed by atoms with Crippen molar-refractivity contribution in [3.8, 4) is 0 Å². The maximum Gasteiger partial charge on any atom is 0.241 e. The van der Waals surface area contributed by atoms with Gasteiger partial charge >= 0.3 is 0 Å². The van der Waals surface area contributed by atoms with Crippen molar-refractivity contribution >= 4 is 38.3 Å². The largest absolute Gasteiger partial charge is 0.375 e. The van der Waals surface area contributed by atoms with Gasteiger partial charge in [0.05, 0.1) is 33.5 Å². The van der Waals surface area contributed by atoms with E-state index in [-0.39, 0.29) is 28.3 Å². The molecular weight excluding hydrogens is 488 g/mol. The predicted octanol–water partition coefficient (Wildman–Crippen LogP) is 3.33. The highest BCUT2D eigenvalue weighted by Gasteiger charge is 2.40. The van der Waals surface area contributed by atoms with Crippen LogP contribution in [0, 0.1) is 5.92 Å². The van der Waals surface area contributed by atoms with Crippen molar-refractivity contribution < 1.29 is 13.2 Å². The van der Waals surface area contributed by atoms with Crippen molar-refractivity contribution in [2.24, 2.45) is 5.92 Å². The molecule has 4 aromatic rings. The van der Waals surface area contributed by atoms with E-state index in [4.69, 9.17) is 0 Å². The summed E-state index contributed by atoms with van der Waals surface area (Å²) < 4.78 is 26.4. The lowest BCUT2D eigenvalue weighted by molar-refractivity contribution is -0.130. The van der Waals surface area contributed by atoms with E-state index in [0.717, 1.165) is 36.2 Å². The summed E-state index contributed by atoms with van der Waals surface area (Å²) in [5.74, 6) is 1.37. The first-order chi connectivity index (χ1) is 18.0. The molecule has 190 valence electrons. The second-order valence-electron chi connectivity index (χ2n) is 9.54. The number of hydrogen-bond donors (Lipinski definition) is 2. The topological polar surface area (TPSA) is 111 Å². The van der Waals surface area contributed by atoms with Crippen LogP contribution >= 0.6 is 0 Å². The molecule has 2 aromatic heterocycles. The zero-order chi connectivity index (χ0) is 25.4. The molecule has 0 spiro atoms. The van der Waals surface area contributed by atoms with E-state index in [1.807, 2.05) is 17.2 Å². The van der Waals surface area contributed by atoms with Crippen LogP contribution in [0.3, 0.4) is 0 Å². The van der Waals surface area contributed by atoms with Crippen LogP contribution in [0.25, 0.3) is 11.0 Å². The molecule has 2 aliphatic heterocycles. The van der Waals surface area contributed by atoms with Gasteiger partial charge in [-0.3, -0.25) is 4.79 Å². The summed E-state index contributed by atoms with van der Waals surface area (Å²) in [4.78, 5) is 29.9. The quantitative estimate of drug-likeness (QED) is 0.404. The fourth-order valence-electron chi connectivity index (χ4n) is 5.57. The van der Waals surface area contributed by atoms with Gasteiger partial charge in [-0.25, -0.2) is 18.4 Å². The molecular formula is C27H28N6O3S. The van der Waals surface area contributed by atoms with E-state index in [0.29, 0.717) is 24.7 Å². The van der Waals surface area contributed by atoms with Crippen molar-refractivity contribution in [2.45, 2.75) is 28.7 Å². The summed E-state index contributed by atoms with van der Waals surface area (Å²) in [5.41, 5.74) is 1.23. The molecule has 9 nitrogen and oxygen atoms in total. The predicted molar refractivity (Wildman–Crippen MR) is 141 cm³/mol. The number of piperidine rings is 1. The minimum Gasteiger partial charge on any atom is -0.375 e. The van der Waals surface area contributed by atoms with Gasteiger partial charge in [0, 0.05) is 25.8 Å². The van der Waals surface area contributed by atoms with Crippen LogP contribution in [0.15, 0.2) is 83.0 Å². The van der Waals surface area contributed by atoms with Crippen molar-refractivity contribution in [3.63, 3.8) is 0 Å². The van der Waals surface area contributed by atoms with E-state index >= 15 is 0 Å². The first kappa shape index (κ1) is 23.5. The normalized spacial score (nSPS) is 19.7. The Kier molecular flexibility index (Phi) is 6.03. The summed E-state index contributed by atoms with van der Waals surface area (Å²) in [6.07, 6.45) is 5.46. The zero-order valence-electron chi connectivity index (χ0n) is 20.2. The molecule has 10 heteroatoms. The molecule has 0 bridgehead atoms. The number of H-pyrrole nitrogens is 1. The zero-order valence-corrected chi connectivity index (χ0v) is 21.1. The van der Waals surface area contributed by atoms with E-state index in [9.17, 15) is 13.2 Å². The van der Waals surface area contributed by atoms with Gasteiger partial charge in [0.2, 0.25) is 15.7 Å². The number of carbonyl (C=O) groups is 1. The van der Waals surface area contributed by atoms with Crippen LogP contribution in [0.5, 0.6) is 0 Å². The Hall–Kier alpha value is -3.92. The van der Waals surface area contributed by atoms with E-state index in [2.05, 4.69) is 25.2 Å². The van der Waals surface area contributed by atoms with Crippen LogP contribution < -0.4 is 10.2 Å². The Labute approximate surface area is 215 Å². The van der Waals surface area contributed by atoms with Gasteiger partial charge in [-0.2, -0.15) is 0 Å². The third-order valence-corrected chi connectivity index (χ3v) is 9.31. The Balaban J connectivity index is 1.17. The van der Waals surface area contributed by atoms with Gasteiger partial charge in [0.15, 0.2) is 0 Å². The number of benzene rings is 2. The van der Waals surface area contributed by atoms with Gasteiger partial charge in [-0.15, -0.1) is 0 Å². The Morgan fingerprint density at radius 1 is 1.00 bits per heavy atom. The van der Waals surface area contributed by atoms with Gasteiger partial charge in [-0.1, -0.05) is 30.3 Å². The van der Waals surface area contributed by atoms with Crippen LogP contribution in [-0.4, -0.2) is 66.4 Å². The van der Waals surface area contributed by atoms with E-state index < -0.39 is 9.84 Å². The van der Waals surface area contributed by atoms with Gasteiger partial charge in [0.25, 0.3) is 0 Å². The second kappa shape index (κ2) is 9.51. The number of rotatable bonds is 6. The standard InChI is InChI=1S/C27H28N6O3S/c34-25(16-29-22-8-4-5-9-24(22)37(35,36)20-6-2-1-3-7-20)32-14-11-19-12-15-33(23(19)17-32)27-21-10-13-28-26(21)30-18-31-27/h1-10,13,18-19,23,29H,11-12,14-17H2,(H,28,30,31). The molecule has 0 aliphatic carbocycles. The Morgan fingerprint density at radius 2 is 1.78 bits per heavy atom. The highest BCUT2D eigenvalue weighted by Crippen LogP contribution is 2.36. The number of aromatic amines is 1. The third kappa shape index (κ3) is 4.31. The smallest absolute Gasteiger partial charge is 0.241 e. The number of nitrogens with zero attached hydrogens (tertiary/aromatic N) is 4. The van der Waals surface area contributed by atoms with Crippen molar-refractivity contribution in [1.82, 2.24) is 19.9 Å². The Bertz CT molecular complexity index is 1540. The van der Waals surface area contributed by atoms with Gasteiger partial charge in [0.1, 0.15) is 17.8 Å². The lowest BCUT2D eigenvalue weighted by Crippen LogP contribution is -2.51. The average molecular weight is 517 g/mol. The highest BCUT2D eigenvalue weighted by molar-refractivity contribution is 7.91. The maximum absolute atomic E-state index is 13.3. The summed E-state index contributed by atoms with van der Waals surface area (Å²) in [7, 11) is -3.71. The van der Waals surface area contributed by atoms with E-state index in [1.54, 1.807) is 60.9 Å². The van der Waals surface area contributed by atoms with E-state index in [1.165, 1.54) is 0 Å². The number of hydrogen-bond acceptors (Lipinski definition) is 7. The number of nitrogens with one attached hydrogen (secondary N) is 2. The van der Waals surface area contributed by atoms with Crippen LogP contribution in [0.2, 0.25) is 0 Å². The summed E-state index contributed by atoms with van der Waals surface area (Å²) in [5, 5.41) is 4.09. The minimum atomic E-state index is -3.71. The number of anilines is 2. The van der Waals surface area contributed by atoms with Crippen LogP contribution in [0.4, 0.5) is 11.5 Å². The van der Waals surface area contributed by atoms with Crippen molar-refractivity contribution in [3.05, 3.63) is 73.2 Å². The summed E-state index contributed by atoms with van der Waals surface area (Å²) in [6, 6.07) is 17.2. The number of amides is 1. The molecule has 2 fully saturated rings. The molecule has 2 saturated heterocycles. The second-order valence-corrected chi connectivity index (χ2v) is 11.5. The number of fused-ring (bicyclic) bond motifs is 2. The molecule has 2 aromatic carbocycles. The Morgan fingerprint density at radius 3 is 2.65 bits per heavy atom. The fourth-order valence-corrected chi connectivity index (χ4v) is 7.03. The molecule has 0 radical (unpaired) electrons. The van der Waals surface area contributed by atoms with Crippen molar-refractivity contribution in [2.75, 3.05) is 36.4 Å². The number of para-hydroxylation sites is 1. The molecule has 4 heterocycles. The van der Waals surface area contributed by atoms with Gasteiger partial charge in [-0.05, 0) is 49.1 Å². The monoisotopic (exact) mass is 516 g/mol. The highest BCUT2D eigenvalue weighted by atomic mass is 32.2. The summed E-state index contributed by atoms with van der Waals surface area (Å²) in [6.45, 7) is 2.24. The molecule has 2 aliphatic rings. The SMILES string of the molecule is O=C(CNc1ccccc1S(=O)(=O)c1ccccc1)N1CCC2CCN(c3ncnc4[nH]ccc34)C2C1. The number of carbonyl (C=O) groups excluding carboxylic acids is 1. The molecule has 1 amide bonds. The average Bonchev–Trinajstić information content (AvgIpc) is 3.59. The number of aromatic nitrogens is 3. The molecule has 2 N–H and O–H groups in total. The lowest BCUT2D eigenvalue weighted by Gasteiger charge is -2.39. The van der Waals surface area contributed by atoms with Crippen LogP contribution in [-0.2, 0) is 14.6 Å². The fraction of sp³-hybridized carbons (Fsp3) is 0.296. The lowest BCUT2D eigenvalue weighted by atomic mass is 9.92. The summed E-state index contributed by atoms with van der Waals surface area (Å²) >= 11 is 0. The maximum atomic E-state index is 13.3. The molecule has 2 atom stereocenters. The molecule has 0 saturated carbocycles. The number of likely N-dealkylation sites (tertiary alicyclic amines) is 1. The molecule has 6 rings (SSSR count). The molecule has 37 heavy (non-hydrogen) atoms. The van der Waals surface area contributed by atoms with Gasteiger partial charge < -0.3 is 20.1 Å². The third-order valence-electron chi connectivity index (χ3n) is 7.48. The van der Waals surface area contributed by atoms with Crippen LogP contribution in [0.1, 0.15) is 12.8 Å². The minimum absolute atomic E-state index is 0.0221. The van der Waals surface area contributed by atoms with Crippen molar-refractivity contribution in [1.29, 1.82) is 0 Å². The number of sulfone groups is 1. The molecule has 2 unspecified atom stereocenters.